The number of rotatable bonds is 3. The summed E-state index contributed by atoms with van der Waals surface area (Å²) in [6.07, 6.45) is 3.17. The lowest BCUT2D eigenvalue weighted by Crippen LogP contribution is -2.54. The van der Waals surface area contributed by atoms with E-state index in [1.165, 1.54) is 6.42 Å². The first kappa shape index (κ1) is 11.6. The van der Waals surface area contributed by atoms with Crippen molar-refractivity contribution in [3.63, 3.8) is 0 Å². The second kappa shape index (κ2) is 4.55. The van der Waals surface area contributed by atoms with Crippen LogP contribution in [0.4, 0.5) is 0 Å². The van der Waals surface area contributed by atoms with Crippen LogP contribution in [-0.4, -0.2) is 18.0 Å². The van der Waals surface area contributed by atoms with Crippen LogP contribution in [0.5, 0.6) is 0 Å². The molecular formula is C12H15BrN2O. The molecule has 0 aromatic heterocycles. The van der Waals surface area contributed by atoms with Crippen LogP contribution in [0, 0.1) is 0 Å². The number of hydrogen-bond acceptors (Lipinski definition) is 2. The van der Waals surface area contributed by atoms with Crippen molar-refractivity contribution >= 4 is 21.8 Å². The van der Waals surface area contributed by atoms with E-state index in [0.29, 0.717) is 12.1 Å². The van der Waals surface area contributed by atoms with E-state index in [2.05, 4.69) is 21.2 Å². The molecule has 2 rings (SSSR count). The smallest absolute Gasteiger partial charge is 0.252 e. The zero-order valence-electron chi connectivity index (χ0n) is 9.00. The lowest BCUT2D eigenvalue weighted by Gasteiger charge is -2.38. The first-order chi connectivity index (χ1) is 7.61. The third-order valence-corrected chi connectivity index (χ3v) is 3.76. The van der Waals surface area contributed by atoms with Crippen LogP contribution in [0.3, 0.4) is 0 Å². The standard InChI is InChI=1S/C12H15BrN2O/c13-10-5-2-1-4-9(10)11(16)15-8-12(14)6-3-7-12/h1-2,4-5H,3,6-8,14H2,(H,15,16). The van der Waals surface area contributed by atoms with Gasteiger partial charge in [-0.05, 0) is 47.3 Å². The number of carbonyl (C=O) groups excluding carboxylic acids is 1. The predicted octanol–water partition coefficient (Wildman–Crippen LogP) is 2.06. The van der Waals surface area contributed by atoms with Crippen LogP contribution in [0.15, 0.2) is 28.7 Å². The summed E-state index contributed by atoms with van der Waals surface area (Å²) in [6, 6.07) is 7.39. The Labute approximate surface area is 104 Å². The maximum Gasteiger partial charge on any atom is 0.252 e. The maximum atomic E-state index is 11.9. The summed E-state index contributed by atoms with van der Waals surface area (Å²) in [5, 5.41) is 2.89. The van der Waals surface area contributed by atoms with Crippen molar-refractivity contribution in [2.24, 2.45) is 5.73 Å². The van der Waals surface area contributed by atoms with Gasteiger partial charge >= 0.3 is 0 Å². The van der Waals surface area contributed by atoms with Gasteiger partial charge in [0.25, 0.3) is 5.91 Å². The average molecular weight is 283 g/mol. The van der Waals surface area contributed by atoms with Crippen LogP contribution in [-0.2, 0) is 0 Å². The van der Waals surface area contributed by atoms with Gasteiger partial charge in [-0.1, -0.05) is 12.1 Å². The fourth-order valence-electron chi connectivity index (χ4n) is 1.80. The van der Waals surface area contributed by atoms with Crippen molar-refractivity contribution < 1.29 is 4.79 Å². The van der Waals surface area contributed by atoms with E-state index in [-0.39, 0.29) is 11.4 Å². The van der Waals surface area contributed by atoms with Crippen molar-refractivity contribution in [3.05, 3.63) is 34.3 Å². The van der Waals surface area contributed by atoms with Crippen molar-refractivity contribution in [1.82, 2.24) is 5.32 Å². The second-order valence-electron chi connectivity index (χ2n) is 4.38. The van der Waals surface area contributed by atoms with Gasteiger partial charge in [-0.2, -0.15) is 0 Å². The fraction of sp³-hybridized carbons (Fsp3) is 0.417. The summed E-state index contributed by atoms with van der Waals surface area (Å²) >= 11 is 3.36. The lowest BCUT2D eigenvalue weighted by molar-refractivity contribution is 0.0929. The van der Waals surface area contributed by atoms with E-state index < -0.39 is 0 Å². The SMILES string of the molecule is NC1(CNC(=O)c2ccccc2Br)CCC1. The van der Waals surface area contributed by atoms with Gasteiger partial charge in [0.05, 0.1) is 5.56 Å². The molecule has 1 amide bonds. The third kappa shape index (κ3) is 2.44. The molecule has 0 heterocycles. The highest BCUT2D eigenvalue weighted by Gasteiger charge is 2.32. The Kier molecular flexibility index (Phi) is 3.30. The Hall–Kier alpha value is -0.870. The minimum Gasteiger partial charge on any atom is -0.350 e. The van der Waals surface area contributed by atoms with Gasteiger partial charge in [0.15, 0.2) is 0 Å². The molecule has 16 heavy (non-hydrogen) atoms. The highest BCUT2D eigenvalue weighted by atomic mass is 79.9. The summed E-state index contributed by atoms with van der Waals surface area (Å²) in [7, 11) is 0. The Bertz CT molecular complexity index is 402. The molecule has 1 aliphatic rings. The van der Waals surface area contributed by atoms with E-state index in [1.807, 2.05) is 18.2 Å². The number of amides is 1. The molecule has 1 aromatic rings. The lowest BCUT2D eigenvalue weighted by atomic mass is 9.78. The second-order valence-corrected chi connectivity index (χ2v) is 5.23. The molecule has 4 heteroatoms. The molecule has 0 spiro atoms. The molecule has 0 bridgehead atoms. The van der Waals surface area contributed by atoms with Gasteiger partial charge in [0.2, 0.25) is 0 Å². The molecule has 1 aliphatic carbocycles. The van der Waals surface area contributed by atoms with Crippen LogP contribution >= 0.6 is 15.9 Å². The quantitative estimate of drug-likeness (QED) is 0.892. The predicted molar refractivity (Wildman–Crippen MR) is 67.2 cm³/mol. The Balaban J connectivity index is 1.96. The molecule has 86 valence electrons. The van der Waals surface area contributed by atoms with Crippen LogP contribution in [0.1, 0.15) is 29.6 Å². The van der Waals surface area contributed by atoms with E-state index in [4.69, 9.17) is 5.73 Å². The van der Waals surface area contributed by atoms with Gasteiger partial charge in [0, 0.05) is 16.6 Å². The van der Waals surface area contributed by atoms with Crippen molar-refractivity contribution in [2.75, 3.05) is 6.54 Å². The Morgan fingerprint density at radius 3 is 2.69 bits per heavy atom. The minimum absolute atomic E-state index is 0.0656. The van der Waals surface area contributed by atoms with Crippen LogP contribution in [0.25, 0.3) is 0 Å². The number of hydrogen-bond donors (Lipinski definition) is 2. The monoisotopic (exact) mass is 282 g/mol. The highest BCUT2D eigenvalue weighted by molar-refractivity contribution is 9.10. The van der Waals surface area contributed by atoms with Gasteiger partial charge in [-0.25, -0.2) is 0 Å². The summed E-state index contributed by atoms with van der Waals surface area (Å²) in [4.78, 5) is 11.9. The molecule has 0 saturated heterocycles. The van der Waals surface area contributed by atoms with Crippen LogP contribution < -0.4 is 11.1 Å². The summed E-state index contributed by atoms with van der Waals surface area (Å²) in [5.74, 6) is -0.0656. The number of halogens is 1. The molecule has 3 N–H and O–H groups in total. The Morgan fingerprint density at radius 2 is 2.12 bits per heavy atom. The number of carbonyl (C=O) groups is 1. The highest BCUT2D eigenvalue weighted by Crippen LogP contribution is 2.28. The summed E-state index contributed by atoms with van der Waals surface area (Å²) in [6.45, 7) is 0.563. The zero-order chi connectivity index (χ0) is 11.6. The van der Waals surface area contributed by atoms with Gasteiger partial charge in [-0.15, -0.1) is 0 Å². The Morgan fingerprint density at radius 1 is 1.44 bits per heavy atom. The van der Waals surface area contributed by atoms with Crippen molar-refractivity contribution in [3.8, 4) is 0 Å². The number of benzene rings is 1. The van der Waals surface area contributed by atoms with Crippen molar-refractivity contribution in [2.45, 2.75) is 24.8 Å². The van der Waals surface area contributed by atoms with Crippen LogP contribution in [0.2, 0.25) is 0 Å². The minimum atomic E-state index is -0.170. The first-order valence-corrected chi connectivity index (χ1v) is 6.22. The van der Waals surface area contributed by atoms with Crippen molar-refractivity contribution in [1.29, 1.82) is 0 Å². The number of nitrogens with two attached hydrogens (primary N) is 1. The molecule has 1 aromatic carbocycles. The van der Waals surface area contributed by atoms with E-state index >= 15 is 0 Å². The molecule has 3 nitrogen and oxygen atoms in total. The average Bonchev–Trinajstić information content (AvgIpc) is 2.24. The molecule has 0 atom stereocenters. The van der Waals surface area contributed by atoms with E-state index in [1.54, 1.807) is 6.07 Å². The maximum absolute atomic E-state index is 11.9. The first-order valence-electron chi connectivity index (χ1n) is 5.42. The molecule has 1 saturated carbocycles. The van der Waals surface area contributed by atoms with E-state index in [0.717, 1.165) is 17.3 Å². The molecule has 0 aliphatic heterocycles. The molecule has 0 unspecified atom stereocenters. The fourth-order valence-corrected chi connectivity index (χ4v) is 2.27. The topological polar surface area (TPSA) is 55.1 Å². The van der Waals surface area contributed by atoms with Gasteiger partial charge < -0.3 is 11.1 Å². The normalized spacial score (nSPS) is 17.6. The largest absolute Gasteiger partial charge is 0.350 e. The molecular weight excluding hydrogens is 268 g/mol. The number of nitrogens with one attached hydrogen (secondary N) is 1. The molecule has 1 fully saturated rings. The summed E-state index contributed by atoms with van der Waals surface area (Å²) < 4.78 is 0.812. The zero-order valence-corrected chi connectivity index (χ0v) is 10.6. The van der Waals surface area contributed by atoms with Gasteiger partial charge in [-0.3, -0.25) is 4.79 Å². The van der Waals surface area contributed by atoms with Gasteiger partial charge in [0.1, 0.15) is 0 Å². The summed E-state index contributed by atoms with van der Waals surface area (Å²) in [5.41, 5.74) is 6.53. The third-order valence-electron chi connectivity index (χ3n) is 3.07. The van der Waals surface area contributed by atoms with E-state index in [9.17, 15) is 4.79 Å². The molecule has 0 radical (unpaired) electrons.